The molecule has 4 nitrogen and oxygen atoms in total. The molecule has 0 saturated carbocycles. The minimum absolute atomic E-state index is 0.0317. The second kappa shape index (κ2) is 6.55. The first kappa shape index (κ1) is 13.9. The largest absolute Gasteiger partial charge is 0.396 e. The summed E-state index contributed by atoms with van der Waals surface area (Å²) in [5.74, 6) is 0.748. The summed E-state index contributed by atoms with van der Waals surface area (Å²) in [7, 11) is 2.16. The highest BCUT2D eigenvalue weighted by Crippen LogP contribution is 2.16. The van der Waals surface area contributed by atoms with Crippen molar-refractivity contribution >= 4 is 0 Å². The molecule has 4 heteroatoms. The SMILES string of the molecule is CN1CCC(CNCC(C)(CO)CO)CC1. The smallest absolute Gasteiger partial charge is 0.0518 e. The summed E-state index contributed by atoms with van der Waals surface area (Å²) < 4.78 is 0. The first-order chi connectivity index (χ1) is 7.59. The van der Waals surface area contributed by atoms with Crippen LogP contribution in [0.1, 0.15) is 19.8 Å². The molecule has 1 aliphatic heterocycles. The van der Waals surface area contributed by atoms with Gasteiger partial charge in [0.15, 0.2) is 0 Å². The van der Waals surface area contributed by atoms with Crippen molar-refractivity contribution in [3.63, 3.8) is 0 Å². The van der Waals surface area contributed by atoms with Crippen LogP contribution in [0.25, 0.3) is 0 Å². The Morgan fingerprint density at radius 3 is 2.31 bits per heavy atom. The number of rotatable bonds is 6. The quantitative estimate of drug-likeness (QED) is 0.597. The summed E-state index contributed by atoms with van der Waals surface area (Å²) in [6, 6.07) is 0. The number of aliphatic hydroxyl groups excluding tert-OH is 2. The Bertz CT molecular complexity index is 187. The van der Waals surface area contributed by atoms with E-state index in [9.17, 15) is 0 Å². The highest BCUT2D eigenvalue weighted by atomic mass is 16.3. The van der Waals surface area contributed by atoms with Crippen LogP contribution in [0, 0.1) is 11.3 Å². The van der Waals surface area contributed by atoms with Gasteiger partial charge in [-0.15, -0.1) is 0 Å². The highest BCUT2D eigenvalue weighted by molar-refractivity contribution is 4.77. The van der Waals surface area contributed by atoms with Gasteiger partial charge in [-0.05, 0) is 45.4 Å². The Kier molecular flexibility index (Phi) is 5.69. The first-order valence-electron chi connectivity index (χ1n) is 6.20. The van der Waals surface area contributed by atoms with Crippen molar-refractivity contribution in [2.45, 2.75) is 19.8 Å². The van der Waals surface area contributed by atoms with Crippen molar-refractivity contribution in [1.29, 1.82) is 0 Å². The molecule has 0 atom stereocenters. The third-order valence-corrected chi connectivity index (χ3v) is 3.59. The Morgan fingerprint density at radius 2 is 1.81 bits per heavy atom. The van der Waals surface area contributed by atoms with Crippen LogP contribution in [0.3, 0.4) is 0 Å². The minimum Gasteiger partial charge on any atom is -0.396 e. The average molecular weight is 230 g/mol. The molecule has 96 valence electrons. The lowest BCUT2D eigenvalue weighted by Gasteiger charge is -2.31. The predicted molar refractivity (Wildman–Crippen MR) is 65.4 cm³/mol. The number of hydrogen-bond acceptors (Lipinski definition) is 4. The summed E-state index contributed by atoms with van der Waals surface area (Å²) in [6.45, 7) is 6.02. The summed E-state index contributed by atoms with van der Waals surface area (Å²) in [4.78, 5) is 2.36. The lowest BCUT2D eigenvalue weighted by molar-refractivity contribution is 0.0680. The summed E-state index contributed by atoms with van der Waals surface area (Å²) in [5, 5.41) is 21.7. The molecule has 16 heavy (non-hydrogen) atoms. The van der Waals surface area contributed by atoms with Gasteiger partial charge in [-0.2, -0.15) is 0 Å². The average Bonchev–Trinajstić information content (AvgIpc) is 2.31. The number of piperidine rings is 1. The Balaban J connectivity index is 2.15. The second-order valence-corrected chi connectivity index (χ2v) is 5.50. The lowest BCUT2D eigenvalue weighted by atomic mass is 9.92. The van der Waals surface area contributed by atoms with E-state index in [1.54, 1.807) is 0 Å². The molecule has 0 aromatic carbocycles. The number of nitrogens with zero attached hydrogens (tertiary/aromatic N) is 1. The summed E-state index contributed by atoms with van der Waals surface area (Å²) >= 11 is 0. The standard InChI is InChI=1S/C12H26N2O2/c1-12(9-15,10-16)8-13-7-11-3-5-14(2)6-4-11/h11,13,15-16H,3-10H2,1-2H3. The van der Waals surface area contributed by atoms with Crippen LogP contribution in [0.2, 0.25) is 0 Å². The van der Waals surface area contributed by atoms with Crippen LogP contribution >= 0.6 is 0 Å². The lowest BCUT2D eigenvalue weighted by Crippen LogP contribution is -2.41. The van der Waals surface area contributed by atoms with E-state index in [0.29, 0.717) is 6.54 Å². The number of aliphatic hydroxyl groups is 2. The molecule has 1 heterocycles. The Hall–Kier alpha value is -0.160. The maximum absolute atomic E-state index is 9.15. The maximum atomic E-state index is 9.15. The van der Waals surface area contributed by atoms with Gasteiger partial charge in [0.05, 0.1) is 13.2 Å². The van der Waals surface area contributed by atoms with E-state index in [4.69, 9.17) is 10.2 Å². The zero-order valence-electron chi connectivity index (χ0n) is 10.6. The van der Waals surface area contributed by atoms with Crippen molar-refractivity contribution in [2.75, 3.05) is 46.4 Å². The maximum Gasteiger partial charge on any atom is 0.0518 e. The van der Waals surface area contributed by atoms with E-state index in [-0.39, 0.29) is 18.6 Å². The van der Waals surface area contributed by atoms with Crippen LogP contribution in [0.5, 0.6) is 0 Å². The van der Waals surface area contributed by atoms with E-state index in [2.05, 4.69) is 17.3 Å². The molecular weight excluding hydrogens is 204 g/mol. The van der Waals surface area contributed by atoms with Crippen LogP contribution in [-0.4, -0.2) is 61.6 Å². The molecule has 1 aliphatic rings. The van der Waals surface area contributed by atoms with E-state index < -0.39 is 0 Å². The first-order valence-corrected chi connectivity index (χ1v) is 6.20. The van der Waals surface area contributed by atoms with Gasteiger partial charge >= 0.3 is 0 Å². The van der Waals surface area contributed by atoms with Gasteiger partial charge in [-0.1, -0.05) is 6.92 Å². The third kappa shape index (κ3) is 4.37. The zero-order chi connectivity index (χ0) is 12.0. The van der Waals surface area contributed by atoms with Crippen molar-refractivity contribution < 1.29 is 10.2 Å². The molecule has 0 radical (unpaired) electrons. The number of likely N-dealkylation sites (tertiary alicyclic amines) is 1. The van der Waals surface area contributed by atoms with Gasteiger partial charge in [0, 0.05) is 12.0 Å². The van der Waals surface area contributed by atoms with E-state index >= 15 is 0 Å². The number of hydrogen-bond donors (Lipinski definition) is 3. The van der Waals surface area contributed by atoms with Crippen molar-refractivity contribution in [3.05, 3.63) is 0 Å². The highest BCUT2D eigenvalue weighted by Gasteiger charge is 2.23. The van der Waals surface area contributed by atoms with Crippen molar-refractivity contribution in [1.82, 2.24) is 10.2 Å². The molecule has 0 bridgehead atoms. The second-order valence-electron chi connectivity index (χ2n) is 5.50. The van der Waals surface area contributed by atoms with Crippen molar-refractivity contribution in [3.8, 4) is 0 Å². The van der Waals surface area contributed by atoms with Gasteiger partial charge in [-0.3, -0.25) is 0 Å². The molecule has 1 saturated heterocycles. The van der Waals surface area contributed by atoms with Gasteiger partial charge in [0.2, 0.25) is 0 Å². The molecule has 0 aromatic heterocycles. The Labute approximate surface area is 98.6 Å². The Morgan fingerprint density at radius 1 is 1.25 bits per heavy atom. The number of nitrogens with one attached hydrogen (secondary N) is 1. The molecule has 0 aromatic rings. The van der Waals surface area contributed by atoms with Crippen LogP contribution in [-0.2, 0) is 0 Å². The topological polar surface area (TPSA) is 55.7 Å². The fourth-order valence-corrected chi connectivity index (χ4v) is 2.01. The molecule has 0 aliphatic carbocycles. The van der Waals surface area contributed by atoms with Crippen LogP contribution < -0.4 is 5.32 Å². The summed E-state index contributed by atoms with van der Waals surface area (Å²) in [5.41, 5.74) is -0.383. The third-order valence-electron chi connectivity index (χ3n) is 3.59. The van der Waals surface area contributed by atoms with Gasteiger partial charge < -0.3 is 20.4 Å². The zero-order valence-corrected chi connectivity index (χ0v) is 10.6. The fourth-order valence-electron chi connectivity index (χ4n) is 2.01. The van der Waals surface area contributed by atoms with Gasteiger partial charge in [0.25, 0.3) is 0 Å². The fraction of sp³-hybridized carbons (Fsp3) is 1.00. The van der Waals surface area contributed by atoms with Gasteiger partial charge in [0.1, 0.15) is 0 Å². The van der Waals surface area contributed by atoms with Crippen LogP contribution in [0.15, 0.2) is 0 Å². The monoisotopic (exact) mass is 230 g/mol. The van der Waals surface area contributed by atoms with Gasteiger partial charge in [-0.25, -0.2) is 0 Å². The van der Waals surface area contributed by atoms with Crippen LogP contribution in [0.4, 0.5) is 0 Å². The predicted octanol–water partition coefficient (Wildman–Crippen LogP) is -0.0913. The molecule has 0 amide bonds. The molecule has 1 fully saturated rings. The normalized spacial score (nSPS) is 20.2. The minimum atomic E-state index is -0.383. The molecule has 0 spiro atoms. The van der Waals surface area contributed by atoms with Crippen molar-refractivity contribution in [2.24, 2.45) is 11.3 Å². The molecular formula is C12H26N2O2. The molecule has 0 unspecified atom stereocenters. The molecule has 1 rings (SSSR count). The van der Waals surface area contributed by atoms with E-state index in [0.717, 1.165) is 12.5 Å². The summed E-state index contributed by atoms with van der Waals surface area (Å²) in [6.07, 6.45) is 2.50. The van der Waals surface area contributed by atoms with E-state index in [1.807, 2.05) is 6.92 Å². The molecule has 3 N–H and O–H groups in total. The van der Waals surface area contributed by atoms with E-state index in [1.165, 1.54) is 25.9 Å².